The predicted octanol–water partition coefficient (Wildman–Crippen LogP) is 3.24. The van der Waals surface area contributed by atoms with E-state index in [4.69, 9.17) is 22.1 Å². The van der Waals surface area contributed by atoms with E-state index in [0.29, 0.717) is 6.04 Å². The number of aromatic nitrogens is 3. The van der Waals surface area contributed by atoms with Crippen molar-refractivity contribution in [2.24, 2.45) is 13.0 Å². The zero-order chi connectivity index (χ0) is 19.3. The van der Waals surface area contributed by atoms with Gasteiger partial charge in [-0.25, -0.2) is 0 Å². The normalized spacial score (nSPS) is 21.5. The van der Waals surface area contributed by atoms with Crippen LogP contribution in [0.1, 0.15) is 29.3 Å². The van der Waals surface area contributed by atoms with Crippen molar-refractivity contribution in [3.8, 4) is 17.1 Å². The Kier molecular flexibility index (Phi) is 4.61. The molecule has 5 nitrogen and oxygen atoms in total. The molecule has 2 aromatic heterocycles. The highest BCUT2D eigenvalue weighted by Gasteiger charge is 2.43. The second-order valence-corrected chi connectivity index (χ2v) is 9.16. The number of nitrogens with zero attached hydrogens (tertiary/aromatic N) is 3. The first kappa shape index (κ1) is 18.1. The molecule has 0 saturated heterocycles. The lowest BCUT2D eigenvalue weighted by Crippen LogP contribution is -3.13. The van der Waals surface area contributed by atoms with Crippen LogP contribution in [-0.4, -0.2) is 28.0 Å². The summed E-state index contributed by atoms with van der Waals surface area (Å²) < 4.78 is 10.3. The van der Waals surface area contributed by atoms with Crippen LogP contribution in [0.15, 0.2) is 35.7 Å². The zero-order valence-corrected chi connectivity index (χ0v) is 17.9. The third kappa shape index (κ3) is 3.02. The van der Waals surface area contributed by atoms with Gasteiger partial charge in [0.05, 0.1) is 19.2 Å². The smallest absolute Gasteiger partial charge is 0.202 e. The van der Waals surface area contributed by atoms with Gasteiger partial charge in [0.25, 0.3) is 0 Å². The summed E-state index contributed by atoms with van der Waals surface area (Å²) in [5.41, 5.74) is 2.55. The average molecular weight is 414 g/mol. The van der Waals surface area contributed by atoms with Crippen molar-refractivity contribution >= 4 is 23.6 Å². The number of methoxy groups -OCH3 is 1. The second kappa shape index (κ2) is 7.13. The summed E-state index contributed by atoms with van der Waals surface area (Å²) in [7, 11) is 3.69. The minimum Gasteiger partial charge on any atom is -0.496 e. The summed E-state index contributed by atoms with van der Waals surface area (Å²) in [4.78, 5) is 3.18. The molecule has 3 aromatic rings. The summed E-state index contributed by atoms with van der Waals surface area (Å²) >= 11 is 7.67. The number of thiophene rings is 1. The quantitative estimate of drug-likeness (QED) is 0.653. The summed E-state index contributed by atoms with van der Waals surface area (Å²) in [6, 6.07) is 10.9. The molecule has 0 spiro atoms. The molecule has 2 atom stereocenters. The van der Waals surface area contributed by atoms with Crippen LogP contribution < -0.4 is 9.64 Å². The van der Waals surface area contributed by atoms with E-state index in [-0.39, 0.29) is 0 Å². The Morgan fingerprint density at radius 1 is 1.29 bits per heavy atom. The number of fused-ring (bicyclic) bond motifs is 1. The maximum absolute atomic E-state index is 5.75. The minimum absolute atomic E-state index is 0.591. The SMILES string of the molecule is COc1ccccc1-c1nn(C[NH+]2CCc3sccc3[C@@H]2C2CC2)c(=S)n1C. The molecule has 1 fully saturated rings. The molecule has 7 heteroatoms. The van der Waals surface area contributed by atoms with Crippen molar-refractivity contribution in [2.45, 2.75) is 32.0 Å². The monoisotopic (exact) mass is 413 g/mol. The molecule has 2 aliphatic rings. The highest BCUT2D eigenvalue weighted by molar-refractivity contribution is 7.71. The number of hydrogen-bond donors (Lipinski definition) is 1. The van der Waals surface area contributed by atoms with Gasteiger partial charge in [-0.3, -0.25) is 0 Å². The van der Waals surface area contributed by atoms with Gasteiger partial charge in [-0.2, -0.15) is 4.68 Å². The fraction of sp³-hybridized carbons (Fsp3) is 0.429. The molecule has 0 bridgehead atoms. The number of quaternary nitrogens is 1. The molecule has 3 heterocycles. The Balaban J connectivity index is 1.49. The molecular weight excluding hydrogens is 388 g/mol. The lowest BCUT2D eigenvalue weighted by atomic mass is 9.96. The topological polar surface area (TPSA) is 36.4 Å². The molecular formula is C21H25N4OS2+. The standard InChI is InChI=1S/C21H24N4OS2/c1-23-20(15-5-3-4-6-17(15)26-2)22-25(21(23)27)13-24-11-9-18-16(10-12-28-18)19(24)14-7-8-14/h3-6,10,12,14,19H,7-9,11,13H2,1-2H3/p+1/t19-/m0/s1. The number of para-hydroxylation sites is 1. The lowest BCUT2D eigenvalue weighted by molar-refractivity contribution is -0.958. The van der Waals surface area contributed by atoms with E-state index < -0.39 is 0 Å². The van der Waals surface area contributed by atoms with Crippen LogP contribution in [0.25, 0.3) is 11.4 Å². The highest BCUT2D eigenvalue weighted by atomic mass is 32.1. The van der Waals surface area contributed by atoms with Crippen LogP contribution in [0, 0.1) is 10.7 Å². The van der Waals surface area contributed by atoms with Crippen LogP contribution >= 0.6 is 23.6 Å². The van der Waals surface area contributed by atoms with Gasteiger partial charge in [0.2, 0.25) is 4.77 Å². The van der Waals surface area contributed by atoms with E-state index in [1.807, 2.05) is 51.9 Å². The largest absolute Gasteiger partial charge is 0.496 e. The van der Waals surface area contributed by atoms with Gasteiger partial charge in [0.1, 0.15) is 11.8 Å². The van der Waals surface area contributed by atoms with E-state index in [1.54, 1.807) is 22.5 Å². The number of hydrogen-bond acceptors (Lipinski definition) is 4. The van der Waals surface area contributed by atoms with Crippen LogP contribution in [-0.2, 0) is 20.1 Å². The van der Waals surface area contributed by atoms with Crippen LogP contribution in [0.2, 0.25) is 0 Å². The predicted molar refractivity (Wildman–Crippen MR) is 113 cm³/mol. The molecule has 1 N–H and O–H groups in total. The van der Waals surface area contributed by atoms with Crippen molar-refractivity contribution in [3.05, 3.63) is 50.9 Å². The Hall–Kier alpha value is -1.96. The van der Waals surface area contributed by atoms with Crippen LogP contribution in [0.3, 0.4) is 0 Å². The summed E-state index contributed by atoms with van der Waals surface area (Å²) in [5, 5.41) is 7.18. The Morgan fingerprint density at radius 3 is 2.89 bits per heavy atom. The number of benzene rings is 1. The number of rotatable bonds is 5. The van der Waals surface area contributed by atoms with Crippen molar-refractivity contribution < 1.29 is 9.64 Å². The summed E-state index contributed by atoms with van der Waals surface area (Å²) in [6.45, 7) is 1.97. The van der Waals surface area contributed by atoms with Crippen molar-refractivity contribution in [2.75, 3.05) is 13.7 Å². The zero-order valence-electron chi connectivity index (χ0n) is 16.2. The van der Waals surface area contributed by atoms with Gasteiger partial charge < -0.3 is 14.2 Å². The van der Waals surface area contributed by atoms with E-state index >= 15 is 0 Å². The third-order valence-corrected chi connectivity index (χ3v) is 7.54. The van der Waals surface area contributed by atoms with Crippen molar-refractivity contribution in [1.29, 1.82) is 0 Å². The molecule has 28 heavy (non-hydrogen) atoms. The average Bonchev–Trinajstić information content (AvgIpc) is 3.38. The maximum Gasteiger partial charge on any atom is 0.202 e. The second-order valence-electron chi connectivity index (χ2n) is 7.80. The third-order valence-electron chi connectivity index (χ3n) is 6.06. The van der Waals surface area contributed by atoms with E-state index in [9.17, 15) is 0 Å². The van der Waals surface area contributed by atoms with E-state index in [1.165, 1.54) is 12.8 Å². The molecule has 0 amide bonds. The molecule has 1 aromatic carbocycles. The van der Waals surface area contributed by atoms with Crippen molar-refractivity contribution in [3.63, 3.8) is 0 Å². The van der Waals surface area contributed by atoms with Gasteiger partial charge in [0.15, 0.2) is 12.5 Å². The van der Waals surface area contributed by atoms with Gasteiger partial charge in [0, 0.05) is 29.8 Å². The fourth-order valence-electron chi connectivity index (χ4n) is 4.52. The molecule has 1 aliphatic carbocycles. The first-order valence-electron chi connectivity index (χ1n) is 9.85. The lowest BCUT2D eigenvalue weighted by Gasteiger charge is -2.32. The molecule has 0 radical (unpaired) electrons. The first-order valence-corrected chi connectivity index (χ1v) is 11.1. The van der Waals surface area contributed by atoms with Gasteiger partial charge >= 0.3 is 0 Å². The number of nitrogens with one attached hydrogen (secondary N) is 1. The fourth-order valence-corrected chi connectivity index (χ4v) is 5.64. The van der Waals surface area contributed by atoms with Gasteiger partial charge in [-0.15, -0.1) is 16.4 Å². The first-order chi connectivity index (χ1) is 13.7. The summed E-state index contributed by atoms with van der Waals surface area (Å²) in [5.74, 6) is 2.50. The van der Waals surface area contributed by atoms with Gasteiger partial charge in [-0.1, -0.05) is 12.1 Å². The summed E-state index contributed by atoms with van der Waals surface area (Å²) in [6.07, 6.45) is 3.86. The van der Waals surface area contributed by atoms with Crippen molar-refractivity contribution in [1.82, 2.24) is 14.3 Å². The Labute approximate surface area is 174 Å². The van der Waals surface area contributed by atoms with Crippen LogP contribution in [0.5, 0.6) is 5.75 Å². The van der Waals surface area contributed by atoms with Gasteiger partial charge in [-0.05, 0) is 48.6 Å². The highest BCUT2D eigenvalue weighted by Crippen LogP contribution is 2.42. The van der Waals surface area contributed by atoms with Crippen LogP contribution in [0.4, 0.5) is 0 Å². The molecule has 1 saturated carbocycles. The Bertz CT molecular complexity index is 1060. The minimum atomic E-state index is 0.591. The number of ether oxygens (including phenoxy) is 1. The maximum atomic E-state index is 5.75. The molecule has 146 valence electrons. The van der Waals surface area contributed by atoms with E-state index in [0.717, 1.165) is 47.5 Å². The molecule has 1 unspecified atom stereocenters. The molecule has 1 aliphatic heterocycles. The van der Waals surface area contributed by atoms with E-state index in [2.05, 4.69) is 11.4 Å². The Morgan fingerprint density at radius 2 is 2.11 bits per heavy atom. The molecule has 5 rings (SSSR count).